The second-order valence-corrected chi connectivity index (χ2v) is 22.2. The van der Waals surface area contributed by atoms with Crippen LogP contribution in [-0.2, 0) is 44.5 Å². The highest BCUT2D eigenvalue weighted by Crippen LogP contribution is 2.45. The molecule has 17 nitrogen and oxygen atoms in total. The number of halogens is 1. The Labute approximate surface area is 417 Å². The third kappa shape index (κ3) is 11.8. The maximum atomic E-state index is 14.4. The number of cyclic esters (lactones) is 1. The monoisotopic (exact) mass is 1040 g/mol. The summed E-state index contributed by atoms with van der Waals surface area (Å²) in [5, 5.41) is 22.3. The van der Waals surface area contributed by atoms with Crippen LogP contribution >= 0.6 is 27.3 Å². The highest BCUT2D eigenvalue weighted by Gasteiger charge is 2.57. The summed E-state index contributed by atoms with van der Waals surface area (Å²) in [4.78, 5) is 48.6. The van der Waals surface area contributed by atoms with Crippen molar-refractivity contribution in [3.8, 4) is 16.4 Å². The van der Waals surface area contributed by atoms with Crippen LogP contribution in [0.5, 0.6) is 0 Å². The van der Waals surface area contributed by atoms with Crippen LogP contribution in [-0.4, -0.2) is 137 Å². The van der Waals surface area contributed by atoms with Crippen molar-refractivity contribution in [1.29, 1.82) is 0 Å². The number of hydrogen-bond donors (Lipinski definition) is 3. The zero-order chi connectivity index (χ0) is 49.9. The van der Waals surface area contributed by atoms with E-state index in [0.29, 0.717) is 30.7 Å². The summed E-state index contributed by atoms with van der Waals surface area (Å²) in [6.07, 6.45) is 0.759. The minimum atomic E-state index is -1.28. The molecular formula is C50H69BrN6O11S. The average molecular weight is 1040 g/mol. The van der Waals surface area contributed by atoms with Gasteiger partial charge in [0.15, 0.2) is 17.7 Å². The summed E-state index contributed by atoms with van der Waals surface area (Å²) in [7, 11) is 3.84. The van der Waals surface area contributed by atoms with Crippen LogP contribution < -0.4 is 10.6 Å². The van der Waals surface area contributed by atoms with Crippen LogP contribution in [0, 0.1) is 23.7 Å². The number of rotatable bonds is 10. The lowest BCUT2D eigenvalue weighted by atomic mass is 9.71. The smallest absolute Gasteiger partial charge is 0.408 e. The number of thiophene rings is 1. The first-order valence-corrected chi connectivity index (χ1v) is 25.5. The predicted octanol–water partition coefficient (Wildman–Crippen LogP) is 7.59. The first-order valence-electron chi connectivity index (χ1n) is 23.9. The summed E-state index contributed by atoms with van der Waals surface area (Å²) in [6.45, 7) is 19.9. The van der Waals surface area contributed by atoms with Gasteiger partial charge in [0.05, 0.1) is 57.8 Å². The normalized spacial score (nSPS) is 35.3. The predicted molar refractivity (Wildman–Crippen MR) is 262 cm³/mol. The Morgan fingerprint density at radius 1 is 1.12 bits per heavy atom. The molecule has 4 aliphatic rings. The van der Waals surface area contributed by atoms with E-state index in [1.165, 1.54) is 0 Å². The van der Waals surface area contributed by atoms with Crippen LogP contribution in [0.1, 0.15) is 80.2 Å². The molecule has 4 saturated heterocycles. The molecule has 7 heterocycles. The number of aliphatic hydroxyl groups is 1. The van der Waals surface area contributed by atoms with Crippen LogP contribution in [0.15, 0.2) is 70.3 Å². The molecule has 4 aliphatic heterocycles. The third-order valence-electron chi connectivity index (χ3n) is 14.3. The van der Waals surface area contributed by atoms with E-state index in [9.17, 15) is 19.5 Å². The lowest BCUT2D eigenvalue weighted by Gasteiger charge is -2.49. The van der Waals surface area contributed by atoms with Gasteiger partial charge in [0.25, 0.3) is 0 Å². The fourth-order valence-corrected chi connectivity index (χ4v) is 12.0. The third-order valence-corrected chi connectivity index (χ3v) is 16.0. The summed E-state index contributed by atoms with van der Waals surface area (Å²) >= 11 is 5.10. The second kappa shape index (κ2) is 22.1. The van der Waals surface area contributed by atoms with E-state index in [1.54, 1.807) is 36.1 Å². The molecule has 0 radical (unpaired) electrons. The molecule has 3 unspecified atom stereocenters. The van der Waals surface area contributed by atoms with Gasteiger partial charge in [-0.2, -0.15) is 5.10 Å². The van der Waals surface area contributed by atoms with Gasteiger partial charge in [-0.25, -0.2) is 19.3 Å². The molecule has 3 aromatic heterocycles. The number of nitrogens with zero attached hydrogens (tertiary/aromatic N) is 4. The van der Waals surface area contributed by atoms with Crippen molar-refractivity contribution in [2.24, 2.45) is 23.7 Å². The van der Waals surface area contributed by atoms with Gasteiger partial charge < -0.3 is 53.8 Å². The largest absolute Gasteiger partial charge is 0.458 e. The van der Waals surface area contributed by atoms with Crippen molar-refractivity contribution >= 4 is 45.4 Å². The van der Waals surface area contributed by atoms with E-state index >= 15 is 0 Å². The zero-order valence-electron chi connectivity index (χ0n) is 41.3. The zero-order valence-corrected chi connectivity index (χ0v) is 43.7. The number of fused-ring (bicyclic) bond motifs is 4. The van der Waals surface area contributed by atoms with Crippen LogP contribution in [0.25, 0.3) is 16.4 Å². The standard InChI is InChI=1S/C50H69BrN6O11S/c1-12-38-50(9)43(54-48(61)68-50)30(5)34(18-20-62-47(60)53-24-33-13-16-40(52-23-33)57-19-17-35(55-57)37-14-15-39(51)69-37)28(3)22-49(8)44(67-46-41(58)36(56(10)11)21-29(4)65-46)31(6)42(32(7)45(59)66-38)63-25-27(2)26-64-49/h13-19,23,28-32,36,38,41-44,46,58H,2,12,20-22,24-26H2,1,3-11H3,(H,53,60)(H,54,61)/b34-18+/t28-,29-,30+,31+,32-,36+,38-,41-,42?,43?,44-,46?,49-,50-/m1/s1. The van der Waals surface area contributed by atoms with E-state index in [4.69, 9.17) is 33.2 Å². The summed E-state index contributed by atoms with van der Waals surface area (Å²) in [5.74, 6) is -1.98. The number of amides is 2. The molecule has 378 valence electrons. The number of carbonyl (C=O) groups is 3. The minimum absolute atomic E-state index is 0.107. The molecule has 2 amide bonds. The SMILES string of the molecule is C=C1COC2[C@@H](C)C(=O)O[C@H](CC)[C@@]3(C)OC(=O)NC3[C@@H](C)/C(=C/COC(=O)NCc3ccc(-n4ccc(-c5ccc(Br)s5)n4)nc3)[C@H](C)C[C@@](C)(OC1)[C@H](OC1O[C@H](C)C[C@H](N(C)C)[C@H]1O)[C@H]2C. The van der Waals surface area contributed by atoms with Crippen LogP contribution in [0.4, 0.5) is 9.59 Å². The number of aromatic nitrogens is 3. The first-order chi connectivity index (χ1) is 32.7. The minimum Gasteiger partial charge on any atom is -0.458 e. The van der Waals surface area contributed by atoms with Gasteiger partial charge >= 0.3 is 18.2 Å². The number of ether oxygens (including phenoxy) is 7. The molecule has 3 N–H and O–H groups in total. The molecule has 4 fully saturated rings. The van der Waals surface area contributed by atoms with Crippen LogP contribution in [0.2, 0.25) is 0 Å². The van der Waals surface area contributed by atoms with E-state index in [0.717, 1.165) is 25.5 Å². The quantitative estimate of drug-likeness (QED) is 0.102. The maximum Gasteiger partial charge on any atom is 0.408 e. The number of esters is 1. The summed E-state index contributed by atoms with van der Waals surface area (Å²) in [5.41, 5.74) is 0.703. The first kappa shape index (κ1) is 52.6. The molecule has 19 heteroatoms. The number of likely N-dealkylation sites (N-methyl/N-ethyl adjacent to an activating group) is 1. The number of nitrogens with one attached hydrogen (secondary N) is 2. The molecule has 2 bridgehead atoms. The molecule has 0 spiro atoms. The van der Waals surface area contributed by atoms with Crippen molar-refractivity contribution < 1.29 is 52.6 Å². The van der Waals surface area contributed by atoms with Crippen molar-refractivity contribution in [2.75, 3.05) is 33.9 Å². The molecule has 0 aliphatic carbocycles. The number of aliphatic hydroxyl groups excluding tert-OH is 1. The van der Waals surface area contributed by atoms with Gasteiger partial charge in [-0.3, -0.25) is 4.79 Å². The molecule has 7 rings (SSSR count). The van der Waals surface area contributed by atoms with Gasteiger partial charge in [-0.05, 0) is 124 Å². The van der Waals surface area contributed by atoms with E-state index in [1.807, 2.05) is 96.2 Å². The molecule has 3 aromatic rings. The highest BCUT2D eigenvalue weighted by molar-refractivity contribution is 9.11. The van der Waals surface area contributed by atoms with Gasteiger partial charge in [0.2, 0.25) is 0 Å². The van der Waals surface area contributed by atoms with Crippen molar-refractivity contribution in [1.82, 2.24) is 30.3 Å². The van der Waals surface area contributed by atoms with Crippen LogP contribution in [0.3, 0.4) is 0 Å². The highest BCUT2D eigenvalue weighted by atomic mass is 79.9. The lowest BCUT2D eigenvalue weighted by Crippen LogP contribution is -2.60. The van der Waals surface area contributed by atoms with E-state index in [2.05, 4.69) is 50.1 Å². The van der Waals surface area contributed by atoms with Gasteiger partial charge in [0.1, 0.15) is 24.5 Å². The van der Waals surface area contributed by atoms with Gasteiger partial charge in [0, 0.05) is 36.8 Å². The van der Waals surface area contributed by atoms with E-state index in [-0.39, 0.29) is 44.4 Å². The average Bonchev–Trinajstić information content (AvgIpc) is 4.06. The second-order valence-electron chi connectivity index (χ2n) is 19.8. The van der Waals surface area contributed by atoms with E-state index < -0.39 is 83.9 Å². The molecule has 0 aromatic carbocycles. The Bertz CT molecular complexity index is 2330. The molecule has 69 heavy (non-hydrogen) atoms. The number of pyridine rings is 1. The molecule has 0 saturated carbocycles. The van der Waals surface area contributed by atoms with Crippen molar-refractivity contribution in [2.45, 2.75) is 141 Å². The van der Waals surface area contributed by atoms with Crippen molar-refractivity contribution in [3.63, 3.8) is 0 Å². The Balaban J connectivity index is 1.17. The topological polar surface area (TPSA) is 194 Å². The fraction of sp³-hybridized carbons (Fsp3) is 0.620. The van der Waals surface area contributed by atoms with Crippen molar-refractivity contribution in [3.05, 3.63) is 75.9 Å². The molecular weight excluding hydrogens is 973 g/mol. The Morgan fingerprint density at radius 2 is 1.88 bits per heavy atom. The fourth-order valence-electron chi connectivity index (χ4n) is 10.6. The van der Waals surface area contributed by atoms with Gasteiger partial charge in [-0.15, -0.1) is 11.3 Å². The van der Waals surface area contributed by atoms with Gasteiger partial charge in [-0.1, -0.05) is 45.9 Å². The maximum absolute atomic E-state index is 14.4. The number of hydrogen-bond acceptors (Lipinski definition) is 15. The lowest BCUT2D eigenvalue weighted by molar-refractivity contribution is -0.302. The number of alkyl carbamates (subject to hydrolysis) is 2. The summed E-state index contributed by atoms with van der Waals surface area (Å²) in [6, 6.07) is 8.72. The molecule has 14 atom stereocenters. The summed E-state index contributed by atoms with van der Waals surface area (Å²) < 4.78 is 47.8. The Kier molecular flexibility index (Phi) is 16.8. The Hall–Kier alpha value is -4.21. The number of carbonyl (C=O) groups excluding carboxylic acids is 3. The Morgan fingerprint density at radius 3 is 2.57 bits per heavy atom.